The monoisotopic (exact) mass is 841 g/mol. The Morgan fingerprint density at radius 2 is 0.758 bits per heavy atom. The molecule has 0 saturated carbocycles. The average molecular weight is 842 g/mol. The lowest BCUT2D eigenvalue weighted by Gasteiger charge is -2.26. The average Bonchev–Trinajstić information content (AvgIpc) is 3.63. The zero-order valence-corrected chi connectivity index (χ0v) is 37.1. The van der Waals surface area contributed by atoms with Crippen molar-refractivity contribution < 1.29 is 0 Å². The van der Waals surface area contributed by atoms with Gasteiger partial charge in [-0.05, 0) is 142 Å². The van der Waals surface area contributed by atoms with Crippen molar-refractivity contribution >= 4 is 38.6 Å². The molecule has 0 radical (unpaired) electrons. The van der Waals surface area contributed by atoms with Crippen LogP contribution in [-0.4, -0.2) is 0 Å². The highest BCUT2D eigenvalue weighted by Gasteiger charge is 2.36. The summed E-state index contributed by atoms with van der Waals surface area (Å²) >= 11 is 0. The maximum absolute atomic E-state index is 2.38. The van der Waals surface area contributed by atoms with Crippen molar-refractivity contribution in [3.05, 3.63) is 260 Å². The van der Waals surface area contributed by atoms with Gasteiger partial charge in [0, 0.05) is 22.5 Å². The number of nitrogens with zero attached hydrogens (tertiary/aromatic N) is 1. The third kappa shape index (κ3) is 6.71. The molecular formula is C65H47N. The fourth-order valence-corrected chi connectivity index (χ4v) is 10.6. The molecule has 1 aliphatic carbocycles. The van der Waals surface area contributed by atoms with Crippen molar-refractivity contribution in [1.29, 1.82) is 0 Å². The van der Waals surface area contributed by atoms with Gasteiger partial charge >= 0.3 is 0 Å². The number of fused-ring (bicyclic) bond motifs is 6. The molecule has 1 nitrogen and oxygen atoms in total. The number of hydrogen-bond donors (Lipinski definition) is 0. The molecule has 0 bridgehead atoms. The minimum absolute atomic E-state index is 0.0517. The third-order valence-electron chi connectivity index (χ3n) is 13.9. The molecule has 0 fully saturated rings. The van der Waals surface area contributed by atoms with Crippen LogP contribution in [0.25, 0.3) is 88.3 Å². The van der Waals surface area contributed by atoms with E-state index in [2.05, 4.69) is 267 Å². The van der Waals surface area contributed by atoms with Gasteiger partial charge in [-0.1, -0.05) is 220 Å². The summed E-state index contributed by atoms with van der Waals surface area (Å²) < 4.78 is 0. The largest absolute Gasteiger partial charge is 0.311 e. The zero-order chi connectivity index (χ0) is 44.2. The molecule has 1 aliphatic rings. The molecule has 1 heteroatoms. The van der Waals surface area contributed by atoms with E-state index in [-0.39, 0.29) is 5.41 Å². The van der Waals surface area contributed by atoms with Gasteiger partial charge in [-0.25, -0.2) is 0 Å². The van der Waals surface area contributed by atoms with Crippen LogP contribution >= 0.6 is 0 Å². The van der Waals surface area contributed by atoms with Gasteiger partial charge in [-0.15, -0.1) is 0 Å². The second kappa shape index (κ2) is 16.1. The van der Waals surface area contributed by atoms with Crippen molar-refractivity contribution in [2.24, 2.45) is 0 Å². The van der Waals surface area contributed by atoms with Gasteiger partial charge in [0.15, 0.2) is 0 Å². The molecule has 0 aliphatic heterocycles. The van der Waals surface area contributed by atoms with Gasteiger partial charge in [-0.2, -0.15) is 0 Å². The minimum Gasteiger partial charge on any atom is -0.311 e. The van der Waals surface area contributed by atoms with E-state index in [9.17, 15) is 0 Å². The van der Waals surface area contributed by atoms with Crippen molar-refractivity contribution in [2.45, 2.75) is 19.3 Å². The molecule has 0 heterocycles. The van der Waals surface area contributed by atoms with Crippen molar-refractivity contribution in [2.75, 3.05) is 4.90 Å². The molecular weight excluding hydrogens is 795 g/mol. The highest BCUT2D eigenvalue weighted by molar-refractivity contribution is 6.12. The molecule has 0 N–H and O–H groups in total. The van der Waals surface area contributed by atoms with Crippen molar-refractivity contribution in [3.63, 3.8) is 0 Å². The number of benzene rings is 11. The van der Waals surface area contributed by atoms with Crippen LogP contribution < -0.4 is 4.90 Å². The summed E-state index contributed by atoms with van der Waals surface area (Å²) in [6.07, 6.45) is 0. The van der Waals surface area contributed by atoms with Gasteiger partial charge in [0.25, 0.3) is 0 Å². The molecule has 12 rings (SSSR count). The summed E-state index contributed by atoms with van der Waals surface area (Å²) in [5, 5.41) is 5.08. The summed E-state index contributed by atoms with van der Waals surface area (Å²) in [5.41, 5.74) is 20.8. The first kappa shape index (κ1) is 39.3. The summed E-state index contributed by atoms with van der Waals surface area (Å²) in [7, 11) is 0. The number of anilines is 3. The predicted molar refractivity (Wildman–Crippen MR) is 281 cm³/mol. The maximum Gasteiger partial charge on any atom is 0.0462 e. The second-order valence-corrected chi connectivity index (χ2v) is 18.1. The molecule has 0 unspecified atom stereocenters. The predicted octanol–water partition coefficient (Wildman–Crippen LogP) is 18.1. The molecule has 11 aromatic carbocycles. The first-order chi connectivity index (χ1) is 32.5. The van der Waals surface area contributed by atoms with Gasteiger partial charge in [0.2, 0.25) is 0 Å². The number of rotatable bonds is 8. The van der Waals surface area contributed by atoms with E-state index >= 15 is 0 Å². The maximum atomic E-state index is 2.38. The molecule has 312 valence electrons. The van der Waals surface area contributed by atoms with Gasteiger partial charge in [0.1, 0.15) is 0 Å². The van der Waals surface area contributed by atoms with E-state index in [4.69, 9.17) is 0 Å². The first-order valence-electron chi connectivity index (χ1n) is 23.0. The number of hydrogen-bond acceptors (Lipinski definition) is 1. The molecule has 0 spiro atoms. The molecule has 11 aromatic rings. The molecule has 0 amide bonds. The summed E-state index contributed by atoms with van der Waals surface area (Å²) in [4.78, 5) is 2.38. The van der Waals surface area contributed by atoms with Crippen molar-refractivity contribution in [3.8, 4) is 66.8 Å². The summed E-state index contributed by atoms with van der Waals surface area (Å²) in [6.45, 7) is 4.70. The van der Waals surface area contributed by atoms with Crippen LogP contribution in [-0.2, 0) is 5.41 Å². The Kier molecular flexibility index (Phi) is 9.58. The smallest absolute Gasteiger partial charge is 0.0462 e. The summed E-state index contributed by atoms with van der Waals surface area (Å²) in [6, 6.07) is 91.2. The quantitative estimate of drug-likeness (QED) is 0.138. The Labute approximate surface area is 387 Å². The van der Waals surface area contributed by atoms with Crippen LogP contribution in [0.4, 0.5) is 17.1 Å². The normalized spacial score (nSPS) is 12.5. The van der Waals surface area contributed by atoms with E-state index in [1.807, 2.05) is 0 Å². The Morgan fingerprint density at radius 3 is 1.45 bits per heavy atom. The highest BCUT2D eigenvalue weighted by atomic mass is 15.1. The van der Waals surface area contributed by atoms with E-state index < -0.39 is 0 Å². The van der Waals surface area contributed by atoms with E-state index in [1.165, 1.54) is 99.4 Å². The lowest BCUT2D eigenvalue weighted by atomic mass is 9.82. The van der Waals surface area contributed by atoms with Gasteiger partial charge in [-0.3, -0.25) is 0 Å². The van der Waals surface area contributed by atoms with Crippen LogP contribution in [0, 0.1) is 0 Å². The summed E-state index contributed by atoms with van der Waals surface area (Å²) in [5.74, 6) is 0. The third-order valence-corrected chi connectivity index (χ3v) is 13.9. The fraction of sp³-hybridized carbons (Fsp3) is 0.0462. The van der Waals surface area contributed by atoms with Crippen LogP contribution in [0.3, 0.4) is 0 Å². The standard InChI is InChI=1S/C65H47N/c1-65(2)62-25-12-11-21-60(62)64-57(23-14-26-63(64)65)49-31-39-53(40-32-49)66(52-37-29-48(30-38-52)55-22-13-24-58-54-20-10-9-19-47(54)33-42-59(55)58)51-35-27-44(28-36-51)50-34-41-56(45-15-5-3-6-16-45)61(43-50)46-17-7-4-8-18-46/h3-43H,1-2H3. The van der Waals surface area contributed by atoms with Crippen LogP contribution in [0.1, 0.15) is 25.0 Å². The molecule has 0 aromatic heterocycles. The lowest BCUT2D eigenvalue weighted by Crippen LogP contribution is -2.14. The van der Waals surface area contributed by atoms with Gasteiger partial charge < -0.3 is 4.90 Å². The molecule has 66 heavy (non-hydrogen) atoms. The zero-order valence-electron chi connectivity index (χ0n) is 37.1. The fourth-order valence-electron chi connectivity index (χ4n) is 10.6. The SMILES string of the molecule is CC1(C)c2ccccc2-c2c(-c3ccc(N(c4ccc(-c5ccc(-c6ccccc6)c(-c6ccccc6)c5)cc4)c4ccc(-c5cccc6c5ccc5ccccc56)cc4)cc3)cccc21. The minimum atomic E-state index is -0.0517. The first-order valence-corrected chi connectivity index (χ1v) is 23.0. The topological polar surface area (TPSA) is 3.24 Å². The van der Waals surface area contributed by atoms with Crippen LogP contribution in [0.15, 0.2) is 249 Å². The molecule has 0 saturated heterocycles. The highest BCUT2D eigenvalue weighted by Crippen LogP contribution is 2.52. The Balaban J connectivity index is 0.944. The van der Waals surface area contributed by atoms with E-state index in [0.717, 1.165) is 17.1 Å². The Hall–Kier alpha value is -8.26. The van der Waals surface area contributed by atoms with Crippen molar-refractivity contribution in [1.82, 2.24) is 0 Å². The lowest BCUT2D eigenvalue weighted by molar-refractivity contribution is 0.660. The van der Waals surface area contributed by atoms with Crippen LogP contribution in [0.2, 0.25) is 0 Å². The van der Waals surface area contributed by atoms with E-state index in [0.29, 0.717) is 0 Å². The second-order valence-electron chi connectivity index (χ2n) is 18.1. The van der Waals surface area contributed by atoms with E-state index in [1.54, 1.807) is 0 Å². The molecule has 0 atom stereocenters. The Morgan fingerprint density at radius 1 is 0.273 bits per heavy atom. The Bertz CT molecular complexity index is 3570. The van der Waals surface area contributed by atoms with Gasteiger partial charge in [0.05, 0.1) is 0 Å². The van der Waals surface area contributed by atoms with Crippen LogP contribution in [0.5, 0.6) is 0 Å².